The van der Waals surface area contributed by atoms with Crippen molar-refractivity contribution in [2.24, 2.45) is 0 Å². The largest absolute Gasteiger partial charge is 0.497 e. The molecule has 5 rings (SSSR count). The number of hydrogen-bond donors (Lipinski definition) is 0. The number of thioether (sulfide) groups is 1. The van der Waals surface area contributed by atoms with Gasteiger partial charge >= 0.3 is 0 Å². The van der Waals surface area contributed by atoms with Crippen molar-refractivity contribution < 1.29 is 18.7 Å². The van der Waals surface area contributed by atoms with Crippen LogP contribution in [0.2, 0.25) is 5.02 Å². The van der Waals surface area contributed by atoms with E-state index >= 15 is 0 Å². The molecule has 0 bridgehead atoms. The molecule has 1 unspecified atom stereocenters. The van der Waals surface area contributed by atoms with Gasteiger partial charge in [-0.2, -0.15) is 0 Å². The zero-order valence-corrected chi connectivity index (χ0v) is 19.3. The Morgan fingerprint density at radius 1 is 1.15 bits per heavy atom. The summed E-state index contributed by atoms with van der Waals surface area (Å²) in [7, 11) is 1.56. The van der Waals surface area contributed by atoms with Crippen LogP contribution >= 0.6 is 23.4 Å². The van der Waals surface area contributed by atoms with Gasteiger partial charge in [0.25, 0.3) is 11.8 Å². The maximum absolute atomic E-state index is 14.1. The molecule has 1 saturated heterocycles. The first-order valence-corrected chi connectivity index (χ1v) is 11.8. The van der Waals surface area contributed by atoms with Gasteiger partial charge in [-0.1, -0.05) is 35.9 Å². The van der Waals surface area contributed by atoms with Crippen LogP contribution in [-0.4, -0.2) is 36.1 Å². The molecule has 1 fully saturated rings. The predicted molar refractivity (Wildman–Crippen MR) is 127 cm³/mol. The lowest BCUT2D eigenvalue weighted by Crippen LogP contribution is -2.50. The van der Waals surface area contributed by atoms with Crippen molar-refractivity contribution in [1.82, 2.24) is 4.90 Å². The summed E-state index contributed by atoms with van der Waals surface area (Å²) in [6, 6.07) is 18.4. The molecule has 1 spiro atoms. The minimum absolute atomic E-state index is 0.207. The molecule has 1 atom stereocenters. The highest BCUT2D eigenvalue weighted by Crippen LogP contribution is 2.55. The molecule has 0 aliphatic carbocycles. The Labute approximate surface area is 200 Å². The zero-order chi connectivity index (χ0) is 23.2. The number of methoxy groups -OCH3 is 1. The number of rotatable bonds is 4. The van der Waals surface area contributed by atoms with Gasteiger partial charge in [0.05, 0.1) is 19.3 Å². The summed E-state index contributed by atoms with van der Waals surface area (Å²) in [5.41, 5.74) is 2.40. The predicted octanol–water partition coefficient (Wildman–Crippen LogP) is 5.08. The first-order valence-electron chi connectivity index (χ1n) is 10.4. The molecule has 3 aromatic rings. The first-order chi connectivity index (χ1) is 16.0. The van der Waals surface area contributed by atoms with Crippen LogP contribution in [0.1, 0.15) is 21.5 Å². The number of benzene rings is 3. The van der Waals surface area contributed by atoms with Gasteiger partial charge in [-0.15, -0.1) is 11.8 Å². The van der Waals surface area contributed by atoms with Crippen molar-refractivity contribution >= 4 is 40.9 Å². The standard InChI is InChI=1S/C25H20ClFN2O3S/c1-32-19-9-10-22-20(14-19)25(24(31)28(22)15-17-5-2-3-8-21(17)26)29(11-12-33-25)23(30)16-6-4-7-18(27)13-16/h2-10,13-14H,11-12,15H2,1H3. The second-order valence-corrected chi connectivity index (χ2v) is 9.52. The number of hydrogen-bond acceptors (Lipinski definition) is 4. The highest BCUT2D eigenvalue weighted by molar-refractivity contribution is 8.01. The summed E-state index contributed by atoms with van der Waals surface area (Å²) in [4.78, 5) is 29.5. The summed E-state index contributed by atoms with van der Waals surface area (Å²) in [6.07, 6.45) is 0. The summed E-state index contributed by atoms with van der Waals surface area (Å²) in [6.45, 7) is 0.629. The minimum atomic E-state index is -1.26. The Hall–Kier alpha value is -3.03. The number of carbonyl (C=O) groups is 2. The topological polar surface area (TPSA) is 49.9 Å². The van der Waals surface area contributed by atoms with Crippen LogP contribution in [0.3, 0.4) is 0 Å². The van der Waals surface area contributed by atoms with E-state index in [9.17, 15) is 14.0 Å². The van der Waals surface area contributed by atoms with Gasteiger partial charge in [0.15, 0.2) is 4.87 Å². The lowest BCUT2D eigenvalue weighted by molar-refractivity contribution is -0.123. The van der Waals surface area contributed by atoms with E-state index in [2.05, 4.69) is 0 Å². The number of anilines is 1. The van der Waals surface area contributed by atoms with E-state index < -0.39 is 10.7 Å². The molecule has 0 radical (unpaired) electrons. The number of halogens is 2. The number of nitrogens with zero attached hydrogens (tertiary/aromatic N) is 2. The molecular formula is C25H20ClFN2O3S. The molecule has 168 valence electrons. The molecule has 0 aromatic heterocycles. The second-order valence-electron chi connectivity index (χ2n) is 7.83. The van der Waals surface area contributed by atoms with Crippen LogP contribution in [0.15, 0.2) is 66.7 Å². The van der Waals surface area contributed by atoms with Gasteiger partial charge in [0.2, 0.25) is 0 Å². The van der Waals surface area contributed by atoms with Crippen molar-refractivity contribution in [1.29, 1.82) is 0 Å². The van der Waals surface area contributed by atoms with E-state index in [-0.39, 0.29) is 23.9 Å². The van der Waals surface area contributed by atoms with Crippen LogP contribution in [0.5, 0.6) is 5.75 Å². The lowest BCUT2D eigenvalue weighted by atomic mass is 10.0. The fourth-order valence-corrected chi connectivity index (χ4v) is 6.10. The zero-order valence-electron chi connectivity index (χ0n) is 17.8. The van der Waals surface area contributed by atoms with Crippen molar-refractivity contribution in [3.63, 3.8) is 0 Å². The Balaban J connectivity index is 1.63. The number of amides is 2. The summed E-state index contributed by atoms with van der Waals surface area (Å²) < 4.78 is 19.3. The average molecular weight is 483 g/mol. The molecule has 0 N–H and O–H groups in total. The van der Waals surface area contributed by atoms with E-state index in [1.54, 1.807) is 35.1 Å². The van der Waals surface area contributed by atoms with Gasteiger partial charge in [0.1, 0.15) is 11.6 Å². The maximum Gasteiger partial charge on any atom is 0.268 e. The maximum atomic E-state index is 14.1. The molecule has 2 amide bonds. The fourth-order valence-electron chi connectivity index (χ4n) is 4.45. The normalized spacial score (nSPS) is 19.3. The molecule has 33 heavy (non-hydrogen) atoms. The summed E-state index contributed by atoms with van der Waals surface area (Å²) >= 11 is 7.79. The van der Waals surface area contributed by atoms with Crippen molar-refractivity contribution in [2.75, 3.05) is 24.3 Å². The molecule has 3 aromatic carbocycles. The van der Waals surface area contributed by atoms with Gasteiger partial charge in [-0.05, 0) is 48.0 Å². The van der Waals surface area contributed by atoms with E-state index in [1.807, 2.05) is 30.3 Å². The van der Waals surface area contributed by atoms with Crippen LogP contribution < -0.4 is 9.64 Å². The molecule has 2 heterocycles. The highest BCUT2D eigenvalue weighted by atomic mass is 35.5. The Morgan fingerprint density at radius 2 is 1.97 bits per heavy atom. The van der Waals surface area contributed by atoms with Crippen molar-refractivity contribution in [3.8, 4) is 5.75 Å². The third-order valence-electron chi connectivity index (χ3n) is 6.00. The smallest absolute Gasteiger partial charge is 0.268 e. The number of carbonyl (C=O) groups excluding carboxylic acids is 2. The van der Waals surface area contributed by atoms with Crippen molar-refractivity contribution in [3.05, 3.63) is 94.3 Å². The highest BCUT2D eigenvalue weighted by Gasteiger charge is 2.59. The summed E-state index contributed by atoms with van der Waals surface area (Å²) in [5, 5.41) is 0.563. The average Bonchev–Trinajstić information content (AvgIpc) is 3.36. The Kier molecular flexibility index (Phi) is 5.54. The molecule has 0 saturated carbocycles. The fraction of sp³-hybridized carbons (Fsp3) is 0.200. The first kappa shape index (κ1) is 21.8. The second kappa shape index (κ2) is 8.39. The third kappa shape index (κ3) is 3.47. The number of fused-ring (bicyclic) bond motifs is 2. The SMILES string of the molecule is COc1ccc2c(c1)C1(SCCN1C(=O)c1cccc(F)c1)C(=O)N2Cc1ccccc1Cl. The molecule has 8 heteroatoms. The van der Waals surface area contributed by atoms with E-state index in [0.29, 0.717) is 34.3 Å². The van der Waals surface area contributed by atoms with Crippen LogP contribution in [0.4, 0.5) is 10.1 Å². The van der Waals surface area contributed by atoms with Crippen LogP contribution in [0.25, 0.3) is 0 Å². The van der Waals surface area contributed by atoms with E-state index in [0.717, 1.165) is 5.56 Å². The lowest BCUT2D eigenvalue weighted by Gasteiger charge is -2.33. The van der Waals surface area contributed by atoms with Crippen molar-refractivity contribution in [2.45, 2.75) is 11.4 Å². The van der Waals surface area contributed by atoms with E-state index in [4.69, 9.17) is 16.3 Å². The Bertz CT molecular complexity index is 1270. The van der Waals surface area contributed by atoms with Gasteiger partial charge in [-0.3, -0.25) is 9.59 Å². The van der Waals surface area contributed by atoms with Crippen LogP contribution in [-0.2, 0) is 16.2 Å². The van der Waals surface area contributed by atoms with Gasteiger partial charge < -0.3 is 14.5 Å². The Morgan fingerprint density at radius 3 is 2.73 bits per heavy atom. The van der Waals surface area contributed by atoms with Crippen LogP contribution in [0, 0.1) is 5.82 Å². The number of ether oxygens (including phenoxy) is 1. The minimum Gasteiger partial charge on any atom is -0.497 e. The third-order valence-corrected chi connectivity index (χ3v) is 7.79. The molecule has 2 aliphatic rings. The monoisotopic (exact) mass is 482 g/mol. The van der Waals surface area contributed by atoms with E-state index in [1.165, 1.54) is 30.0 Å². The summed E-state index contributed by atoms with van der Waals surface area (Å²) in [5.74, 6) is 0.0517. The van der Waals surface area contributed by atoms with Gasteiger partial charge in [-0.25, -0.2) is 4.39 Å². The van der Waals surface area contributed by atoms with Gasteiger partial charge in [0, 0.05) is 28.4 Å². The molecular weight excluding hydrogens is 463 g/mol. The molecule has 2 aliphatic heterocycles. The molecule has 5 nitrogen and oxygen atoms in total. The quantitative estimate of drug-likeness (QED) is 0.520.